The van der Waals surface area contributed by atoms with E-state index in [1.807, 2.05) is 20.8 Å². The summed E-state index contributed by atoms with van der Waals surface area (Å²) in [6, 6.07) is 13.3. The summed E-state index contributed by atoms with van der Waals surface area (Å²) in [6.07, 6.45) is 3.15. The van der Waals surface area contributed by atoms with Gasteiger partial charge in [-0.2, -0.15) is 0 Å². The lowest BCUT2D eigenvalue weighted by atomic mass is 9.94. The number of carbonyl (C=O) groups excluding carboxylic acids is 2. The molecule has 2 heterocycles. The maximum absolute atomic E-state index is 14.9. The molecule has 1 fully saturated rings. The van der Waals surface area contributed by atoms with Crippen LogP contribution >= 0.6 is 0 Å². The van der Waals surface area contributed by atoms with Gasteiger partial charge in [0.1, 0.15) is 17.3 Å². The normalized spacial score (nSPS) is 17.4. The largest absolute Gasteiger partial charge is 0.507 e. The summed E-state index contributed by atoms with van der Waals surface area (Å²) < 4.78 is 20.7. The SMILES string of the molecule is Cc1cc(/C(O)=C2\C(=O)C(=O)N(Cc3cccnc3)C2c2ccccc2F)ccc1OC(C)C. The molecule has 1 atom stereocenters. The molecule has 1 aliphatic rings. The Bertz CT molecular complexity index is 1270. The highest BCUT2D eigenvalue weighted by molar-refractivity contribution is 6.46. The van der Waals surface area contributed by atoms with Gasteiger partial charge in [-0.25, -0.2) is 4.39 Å². The zero-order valence-corrected chi connectivity index (χ0v) is 19.2. The predicted octanol–water partition coefficient (Wildman–Crippen LogP) is 4.94. The molecule has 3 aromatic rings. The standard InChI is InChI=1S/C27H25FN2O4/c1-16(2)34-22-11-10-19(13-17(22)3)25(31)23-24(20-8-4-5-9-21(20)28)30(27(33)26(23)32)15-18-7-6-12-29-14-18/h4-14,16,24,31H,15H2,1-3H3/b25-23+. The van der Waals surface area contributed by atoms with Crippen molar-refractivity contribution in [3.63, 3.8) is 0 Å². The summed E-state index contributed by atoms with van der Waals surface area (Å²) in [5, 5.41) is 11.2. The van der Waals surface area contributed by atoms with Crippen molar-refractivity contribution in [3.05, 3.63) is 101 Å². The fraction of sp³-hybridized carbons (Fsp3) is 0.222. The molecule has 174 valence electrons. The molecule has 34 heavy (non-hydrogen) atoms. The van der Waals surface area contributed by atoms with Crippen LogP contribution in [-0.4, -0.2) is 32.8 Å². The molecule has 1 unspecified atom stereocenters. The summed E-state index contributed by atoms with van der Waals surface area (Å²) in [5.74, 6) is -1.97. The number of halogens is 1. The monoisotopic (exact) mass is 460 g/mol. The van der Waals surface area contributed by atoms with E-state index in [-0.39, 0.29) is 29.5 Å². The van der Waals surface area contributed by atoms with Crippen molar-refractivity contribution in [1.29, 1.82) is 0 Å². The minimum absolute atomic E-state index is 0.0306. The Morgan fingerprint density at radius 1 is 1.15 bits per heavy atom. The molecule has 0 radical (unpaired) electrons. The molecule has 1 amide bonds. The summed E-state index contributed by atoms with van der Waals surface area (Å²) >= 11 is 0. The van der Waals surface area contributed by atoms with Gasteiger partial charge in [0.15, 0.2) is 0 Å². The highest BCUT2D eigenvalue weighted by atomic mass is 19.1. The van der Waals surface area contributed by atoms with Crippen LogP contribution in [0.3, 0.4) is 0 Å². The first-order valence-electron chi connectivity index (χ1n) is 11.0. The first-order valence-corrected chi connectivity index (χ1v) is 11.0. The van der Waals surface area contributed by atoms with Crippen molar-refractivity contribution in [2.24, 2.45) is 0 Å². The van der Waals surface area contributed by atoms with E-state index < -0.39 is 23.5 Å². The molecular weight excluding hydrogens is 435 g/mol. The number of Topliss-reactive ketones (excluding diaryl/α,β-unsaturated/α-hetero) is 1. The maximum Gasteiger partial charge on any atom is 0.295 e. The van der Waals surface area contributed by atoms with Gasteiger partial charge in [0.05, 0.1) is 17.7 Å². The fourth-order valence-electron chi connectivity index (χ4n) is 4.09. The average molecular weight is 461 g/mol. The van der Waals surface area contributed by atoms with Gasteiger partial charge in [0.2, 0.25) is 0 Å². The topological polar surface area (TPSA) is 79.7 Å². The number of carbonyl (C=O) groups is 2. The van der Waals surface area contributed by atoms with Gasteiger partial charge in [-0.1, -0.05) is 24.3 Å². The highest BCUT2D eigenvalue weighted by Gasteiger charge is 2.47. The predicted molar refractivity (Wildman–Crippen MR) is 125 cm³/mol. The third-order valence-electron chi connectivity index (χ3n) is 5.63. The summed E-state index contributed by atoms with van der Waals surface area (Å²) in [7, 11) is 0. The van der Waals surface area contributed by atoms with Gasteiger partial charge in [-0.05, 0) is 62.2 Å². The molecule has 1 aromatic heterocycles. The van der Waals surface area contributed by atoms with Crippen LogP contribution in [0.25, 0.3) is 5.76 Å². The fourth-order valence-corrected chi connectivity index (χ4v) is 4.09. The Hall–Kier alpha value is -4.00. The van der Waals surface area contributed by atoms with Gasteiger partial charge in [-0.15, -0.1) is 0 Å². The molecule has 4 rings (SSSR count). The zero-order valence-electron chi connectivity index (χ0n) is 19.2. The lowest BCUT2D eigenvalue weighted by molar-refractivity contribution is -0.140. The van der Waals surface area contributed by atoms with Crippen molar-refractivity contribution < 1.29 is 23.8 Å². The molecule has 1 N–H and O–H groups in total. The quantitative estimate of drug-likeness (QED) is 0.320. The van der Waals surface area contributed by atoms with E-state index in [9.17, 15) is 19.1 Å². The minimum atomic E-state index is -1.09. The van der Waals surface area contributed by atoms with Gasteiger partial charge >= 0.3 is 0 Å². The van der Waals surface area contributed by atoms with Crippen molar-refractivity contribution in [2.75, 3.05) is 0 Å². The Morgan fingerprint density at radius 2 is 1.91 bits per heavy atom. The first-order chi connectivity index (χ1) is 16.3. The number of aliphatic hydroxyl groups excluding tert-OH is 1. The van der Waals surface area contributed by atoms with E-state index in [0.717, 1.165) is 5.56 Å². The molecular formula is C27H25FN2O4. The number of aryl methyl sites for hydroxylation is 1. The Morgan fingerprint density at radius 3 is 2.56 bits per heavy atom. The van der Waals surface area contributed by atoms with Crippen molar-refractivity contribution in [3.8, 4) is 5.75 Å². The van der Waals surface area contributed by atoms with E-state index in [1.165, 1.54) is 23.1 Å². The molecule has 7 heteroatoms. The lowest BCUT2D eigenvalue weighted by Crippen LogP contribution is -2.29. The second-order valence-corrected chi connectivity index (χ2v) is 8.46. The number of amides is 1. The molecule has 6 nitrogen and oxygen atoms in total. The van der Waals surface area contributed by atoms with E-state index in [0.29, 0.717) is 16.9 Å². The molecule has 0 saturated carbocycles. The zero-order chi connectivity index (χ0) is 24.4. The smallest absolute Gasteiger partial charge is 0.295 e. The molecule has 2 aromatic carbocycles. The third kappa shape index (κ3) is 4.41. The van der Waals surface area contributed by atoms with Gasteiger partial charge in [0, 0.05) is 30.1 Å². The first kappa shape index (κ1) is 23.2. The number of benzene rings is 2. The second-order valence-electron chi connectivity index (χ2n) is 8.46. The number of pyridine rings is 1. The van der Waals surface area contributed by atoms with E-state index in [2.05, 4.69) is 4.98 Å². The Kier molecular flexibility index (Phi) is 6.45. The number of aliphatic hydroxyl groups is 1. The number of hydrogen-bond acceptors (Lipinski definition) is 5. The van der Waals surface area contributed by atoms with Crippen LogP contribution in [0.1, 0.15) is 42.1 Å². The summed E-state index contributed by atoms with van der Waals surface area (Å²) in [4.78, 5) is 31.5. The number of nitrogens with zero attached hydrogens (tertiary/aromatic N) is 2. The number of hydrogen-bond donors (Lipinski definition) is 1. The van der Waals surface area contributed by atoms with Gasteiger partial charge in [-0.3, -0.25) is 14.6 Å². The van der Waals surface area contributed by atoms with Crippen molar-refractivity contribution in [1.82, 2.24) is 9.88 Å². The van der Waals surface area contributed by atoms with Crippen molar-refractivity contribution in [2.45, 2.75) is 39.5 Å². The van der Waals surface area contributed by atoms with E-state index >= 15 is 0 Å². The van der Waals surface area contributed by atoms with Gasteiger partial charge < -0.3 is 14.7 Å². The summed E-state index contributed by atoms with van der Waals surface area (Å²) in [5.41, 5.74) is 1.75. The molecule has 1 aliphatic heterocycles. The van der Waals surface area contributed by atoms with Crippen LogP contribution in [0, 0.1) is 12.7 Å². The minimum Gasteiger partial charge on any atom is -0.507 e. The van der Waals surface area contributed by atoms with Gasteiger partial charge in [0.25, 0.3) is 11.7 Å². The molecule has 0 aliphatic carbocycles. The summed E-state index contributed by atoms with van der Waals surface area (Å²) in [6.45, 7) is 5.68. The van der Waals surface area contributed by atoms with Crippen LogP contribution < -0.4 is 4.74 Å². The molecule has 1 saturated heterocycles. The van der Waals surface area contributed by atoms with E-state index in [4.69, 9.17) is 4.74 Å². The van der Waals surface area contributed by atoms with Crippen LogP contribution in [0.4, 0.5) is 4.39 Å². The van der Waals surface area contributed by atoms with Crippen LogP contribution in [0.2, 0.25) is 0 Å². The lowest BCUT2D eigenvalue weighted by Gasteiger charge is -2.25. The van der Waals surface area contributed by atoms with Crippen LogP contribution in [-0.2, 0) is 16.1 Å². The average Bonchev–Trinajstić information content (AvgIpc) is 3.05. The molecule has 0 bridgehead atoms. The Labute approximate surface area is 197 Å². The number of ether oxygens (including phenoxy) is 1. The highest BCUT2D eigenvalue weighted by Crippen LogP contribution is 2.41. The Balaban J connectivity index is 1.85. The number of aromatic nitrogens is 1. The van der Waals surface area contributed by atoms with E-state index in [1.54, 1.807) is 48.8 Å². The maximum atomic E-state index is 14.9. The number of rotatable bonds is 6. The number of ketones is 1. The molecule has 0 spiro atoms. The second kappa shape index (κ2) is 9.47. The van der Waals surface area contributed by atoms with Crippen LogP contribution in [0.5, 0.6) is 5.75 Å². The number of likely N-dealkylation sites (tertiary alicyclic amines) is 1. The van der Waals surface area contributed by atoms with Crippen LogP contribution in [0.15, 0.2) is 72.6 Å². The van der Waals surface area contributed by atoms with Crippen molar-refractivity contribution >= 4 is 17.4 Å². The third-order valence-corrected chi connectivity index (χ3v) is 5.63.